The summed E-state index contributed by atoms with van der Waals surface area (Å²) in [5.74, 6) is 4.89. The van der Waals surface area contributed by atoms with E-state index in [1.54, 1.807) is 14.2 Å². The highest BCUT2D eigenvalue weighted by Crippen LogP contribution is 2.44. The normalized spacial score (nSPS) is 21.2. The largest absolute Gasteiger partial charge is 0.496 e. The van der Waals surface area contributed by atoms with Gasteiger partial charge in [0.1, 0.15) is 23.1 Å². The first-order chi connectivity index (χ1) is 28.4. The number of benzene rings is 2. The van der Waals surface area contributed by atoms with Gasteiger partial charge in [0.15, 0.2) is 0 Å². The Morgan fingerprint density at radius 1 is 0.638 bits per heavy atom. The van der Waals surface area contributed by atoms with Crippen molar-refractivity contribution >= 4 is 33.4 Å². The molecule has 8 rings (SSSR count). The molecule has 12 nitrogen and oxygen atoms in total. The van der Waals surface area contributed by atoms with E-state index in [-0.39, 0.29) is 23.9 Å². The van der Waals surface area contributed by atoms with Crippen LogP contribution in [0.3, 0.4) is 0 Å². The van der Waals surface area contributed by atoms with Gasteiger partial charge in [-0.1, -0.05) is 84.4 Å². The zero-order chi connectivity index (χ0) is 40.2. The molecule has 2 fully saturated rings. The van der Waals surface area contributed by atoms with Crippen molar-refractivity contribution in [3.8, 4) is 34.0 Å². The van der Waals surface area contributed by atoms with Crippen LogP contribution in [-0.4, -0.2) is 91.6 Å². The molecule has 4 atom stereocenters. The molecule has 0 unspecified atom stereocenters. The van der Waals surface area contributed by atoms with Gasteiger partial charge in [-0.2, -0.15) is 0 Å². The molecule has 310 valence electrons. The van der Waals surface area contributed by atoms with Gasteiger partial charge in [0.2, 0.25) is 11.8 Å². The molecule has 14 heteroatoms. The molecule has 2 saturated carbocycles. The van der Waals surface area contributed by atoms with Gasteiger partial charge in [-0.15, -0.1) is 0 Å². The summed E-state index contributed by atoms with van der Waals surface area (Å²) in [6.45, 7) is 2.52. The lowest BCUT2D eigenvalue weighted by molar-refractivity contribution is -0.138. The Morgan fingerprint density at radius 3 is 1.43 bits per heavy atom. The Bertz CT molecular complexity index is 1900. The third kappa shape index (κ3) is 8.39. The Morgan fingerprint density at radius 2 is 1.03 bits per heavy atom. The molecule has 0 radical (unpaired) electrons. The molecule has 2 aromatic heterocycles. The highest BCUT2D eigenvalue weighted by Gasteiger charge is 2.42. The van der Waals surface area contributed by atoms with Crippen LogP contribution in [0.25, 0.3) is 22.5 Å². The Labute approximate surface area is 350 Å². The van der Waals surface area contributed by atoms with E-state index in [0.717, 1.165) is 97.0 Å². The van der Waals surface area contributed by atoms with Crippen molar-refractivity contribution in [3.05, 3.63) is 72.6 Å². The fraction of sp³-hybridized carbons (Fsp3) is 0.545. The van der Waals surface area contributed by atoms with E-state index < -0.39 is 12.1 Å². The van der Waals surface area contributed by atoms with Crippen LogP contribution in [0.2, 0.25) is 0 Å². The first kappa shape index (κ1) is 40.8. The Kier molecular flexibility index (Phi) is 13.0. The molecule has 4 N–H and O–H groups in total. The predicted molar refractivity (Wildman–Crippen MR) is 231 cm³/mol. The predicted octanol–water partition coefficient (Wildman–Crippen LogP) is 7.09. The number of methoxy groups -OCH3 is 2. The molecule has 4 aromatic rings. The van der Waals surface area contributed by atoms with Crippen LogP contribution in [0, 0.1) is 11.8 Å². The molecule has 0 saturated heterocycles. The molecular weight excluding hydrogens is 769 g/mol. The third-order valence-electron chi connectivity index (χ3n) is 12.7. The summed E-state index contributed by atoms with van der Waals surface area (Å²) < 4.78 is 15.8. The number of para-hydroxylation sites is 2. The van der Waals surface area contributed by atoms with Crippen molar-refractivity contribution < 1.29 is 19.1 Å². The van der Waals surface area contributed by atoms with Crippen LogP contribution in [0.15, 0.2) is 60.9 Å². The highest BCUT2D eigenvalue weighted by molar-refractivity contribution is 8.76. The van der Waals surface area contributed by atoms with Gasteiger partial charge in [-0.25, -0.2) is 9.97 Å². The monoisotopic (exact) mass is 826 g/mol. The zero-order valence-electron chi connectivity index (χ0n) is 33.8. The van der Waals surface area contributed by atoms with E-state index in [0.29, 0.717) is 49.5 Å². The number of hydrogen-bond acceptors (Lipinski definition) is 10. The maximum Gasteiger partial charge on any atom is 0.241 e. The lowest BCUT2D eigenvalue weighted by Crippen LogP contribution is -2.52. The number of carbonyl (C=O) groups is 2. The first-order valence-corrected chi connectivity index (χ1v) is 23.6. The standard InChI is InChI=1S/C44H58N8O4S2/c1-55-37-19-11-9-17-31(37)35-25-49-21-23-51(39(41(49)47-35)29-13-5-3-6-14-29)43(53)33(45)27-57-58-28-34(46)44(54)52-24-22-50-26-36(32-18-10-12-20-38(32)56-2)48-42(50)40(52)30-15-7-4-8-16-30/h9-12,17-20,25-26,29-30,33-34,39-40H,3-8,13-16,21-24,27-28,45-46H2,1-2H3/t33-,34-,39-,40-/m0/s1. The lowest BCUT2D eigenvalue weighted by atomic mass is 9.82. The molecular formula is C44H58N8O4S2. The fourth-order valence-electron chi connectivity index (χ4n) is 9.79. The summed E-state index contributed by atoms with van der Waals surface area (Å²) >= 11 is 0. The second-order valence-corrected chi connectivity index (χ2v) is 18.8. The van der Waals surface area contributed by atoms with Gasteiger partial charge >= 0.3 is 0 Å². The third-order valence-corrected chi connectivity index (χ3v) is 15.2. The molecule has 2 aliphatic carbocycles. The summed E-state index contributed by atoms with van der Waals surface area (Å²) in [5.41, 5.74) is 17.0. The minimum absolute atomic E-state index is 0.0382. The van der Waals surface area contributed by atoms with Crippen LogP contribution >= 0.6 is 21.6 Å². The van der Waals surface area contributed by atoms with E-state index in [1.165, 1.54) is 34.4 Å². The van der Waals surface area contributed by atoms with Crippen LogP contribution in [0.1, 0.15) is 87.9 Å². The number of nitrogens with two attached hydrogens (primary N) is 2. The van der Waals surface area contributed by atoms with Gasteiger partial charge in [-0.3, -0.25) is 9.59 Å². The number of amides is 2. The molecule has 2 aliphatic heterocycles. The number of nitrogens with zero attached hydrogens (tertiary/aromatic N) is 6. The maximum absolute atomic E-state index is 14.2. The summed E-state index contributed by atoms with van der Waals surface area (Å²) in [7, 11) is 6.42. The summed E-state index contributed by atoms with van der Waals surface area (Å²) in [6, 6.07) is 14.3. The van der Waals surface area contributed by atoms with E-state index in [2.05, 4.69) is 21.5 Å². The number of rotatable bonds is 13. The van der Waals surface area contributed by atoms with Crippen LogP contribution < -0.4 is 20.9 Å². The SMILES string of the molecule is COc1ccccc1-c1cn2c(n1)[C@H](C1CCCCC1)N(C(=O)[C@@H](N)CSSC[C@H](N)C(=O)N1CCn3cc(-c4ccccc4OC)nc3[C@@H]1C1CCCCC1)CC2. The second kappa shape index (κ2) is 18.5. The number of aromatic nitrogens is 4. The van der Waals surface area contributed by atoms with Crippen molar-refractivity contribution in [2.75, 3.05) is 38.8 Å². The van der Waals surface area contributed by atoms with Crippen molar-refractivity contribution in [2.45, 2.75) is 101 Å². The number of imidazole rings is 2. The highest BCUT2D eigenvalue weighted by atomic mass is 33.1. The fourth-order valence-corrected chi connectivity index (χ4v) is 12.0. The van der Waals surface area contributed by atoms with E-state index in [4.69, 9.17) is 30.9 Å². The minimum atomic E-state index is -0.681. The number of carbonyl (C=O) groups excluding carboxylic acids is 2. The zero-order valence-corrected chi connectivity index (χ0v) is 35.5. The molecule has 2 aromatic carbocycles. The van der Waals surface area contributed by atoms with Crippen LogP contribution in [0.5, 0.6) is 11.5 Å². The minimum Gasteiger partial charge on any atom is -0.496 e. The molecule has 58 heavy (non-hydrogen) atoms. The Balaban J connectivity index is 0.913. The van der Waals surface area contributed by atoms with E-state index >= 15 is 0 Å². The van der Waals surface area contributed by atoms with Crippen molar-refractivity contribution in [1.82, 2.24) is 28.9 Å². The summed E-state index contributed by atoms with van der Waals surface area (Å²) in [6.07, 6.45) is 15.6. The number of hydrogen-bond donors (Lipinski definition) is 2. The van der Waals surface area contributed by atoms with Gasteiger partial charge in [-0.05, 0) is 61.8 Å². The van der Waals surface area contributed by atoms with Crippen LogP contribution in [-0.2, 0) is 22.7 Å². The molecule has 4 heterocycles. The van der Waals surface area contributed by atoms with Crippen LogP contribution in [0.4, 0.5) is 0 Å². The van der Waals surface area contributed by atoms with E-state index in [9.17, 15) is 9.59 Å². The average Bonchev–Trinajstić information content (AvgIpc) is 3.92. The first-order valence-electron chi connectivity index (χ1n) is 21.1. The van der Waals surface area contributed by atoms with Gasteiger partial charge in [0.05, 0.1) is 49.8 Å². The summed E-state index contributed by atoms with van der Waals surface area (Å²) in [5, 5.41) is 0. The molecule has 0 bridgehead atoms. The smallest absolute Gasteiger partial charge is 0.241 e. The number of fused-ring (bicyclic) bond motifs is 2. The molecule has 2 amide bonds. The van der Waals surface area contributed by atoms with Gasteiger partial charge in [0, 0.05) is 61.2 Å². The molecule has 4 aliphatic rings. The average molecular weight is 827 g/mol. The lowest BCUT2D eigenvalue weighted by Gasteiger charge is -2.42. The van der Waals surface area contributed by atoms with Gasteiger partial charge in [0.25, 0.3) is 0 Å². The van der Waals surface area contributed by atoms with Crippen molar-refractivity contribution in [2.24, 2.45) is 23.3 Å². The van der Waals surface area contributed by atoms with Crippen molar-refractivity contribution in [1.29, 1.82) is 0 Å². The molecule has 0 spiro atoms. The Hall–Kier alpha value is -3.98. The van der Waals surface area contributed by atoms with E-state index in [1.807, 2.05) is 58.3 Å². The number of ether oxygens (including phenoxy) is 2. The second-order valence-electron chi connectivity index (χ2n) is 16.3. The van der Waals surface area contributed by atoms with Crippen molar-refractivity contribution in [3.63, 3.8) is 0 Å². The maximum atomic E-state index is 14.2. The van der Waals surface area contributed by atoms with Gasteiger partial charge < -0.3 is 39.9 Å². The topological polar surface area (TPSA) is 147 Å². The summed E-state index contributed by atoms with van der Waals surface area (Å²) in [4.78, 5) is 42.8. The quantitative estimate of drug-likeness (QED) is 0.106.